The van der Waals surface area contributed by atoms with E-state index in [2.05, 4.69) is 4.74 Å². The number of aliphatic hydroxyl groups excluding tert-OH is 5. The molecule has 1 fully saturated rings. The molecule has 5 atom stereocenters. The topological polar surface area (TPSA) is 110 Å². The molecule has 0 aromatic carbocycles. The van der Waals surface area contributed by atoms with Gasteiger partial charge in [-0.25, -0.2) is 0 Å². The van der Waals surface area contributed by atoms with Gasteiger partial charge in [-0.05, 0) is 0 Å². The molecule has 0 aliphatic carbocycles. The van der Waals surface area contributed by atoms with Gasteiger partial charge in [-0.3, -0.25) is 0 Å². The Morgan fingerprint density at radius 1 is 1.00 bits per heavy atom. The minimum Gasteiger partial charge on any atom is -1.00 e. The molecular formula is C6H13NaO6. The molecule has 1 rings (SSSR count). The van der Waals surface area contributed by atoms with Crippen molar-refractivity contribution in [3.63, 3.8) is 0 Å². The summed E-state index contributed by atoms with van der Waals surface area (Å²) >= 11 is 0. The third-order valence-electron chi connectivity index (χ3n) is 1.87. The van der Waals surface area contributed by atoms with E-state index in [1.54, 1.807) is 0 Å². The van der Waals surface area contributed by atoms with E-state index in [9.17, 15) is 0 Å². The molecule has 5 N–H and O–H groups in total. The van der Waals surface area contributed by atoms with Gasteiger partial charge in [0, 0.05) is 0 Å². The Hall–Kier alpha value is 0.760. The van der Waals surface area contributed by atoms with Crippen molar-refractivity contribution in [3.8, 4) is 0 Å². The van der Waals surface area contributed by atoms with Crippen LogP contribution in [0.4, 0.5) is 0 Å². The molecule has 7 heteroatoms. The summed E-state index contributed by atoms with van der Waals surface area (Å²) in [6.07, 6.45) is -7.04. The van der Waals surface area contributed by atoms with E-state index >= 15 is 0 Å². The summed E-state index contributed by atoms with van der Waals surface area (Å²) in [6.45, 7) is -0.526. The van der Waals surface area contributed by atoms with Crippen molar-refractivity contribution in [2.45, 2.75) is 30.7 Å². The first kappa shape index (κ1) is 13.8. The van der Waals surface area contributed by atoms with Crippen LogP contribution in [0.5, 0.6) is 0 Å². The molecule has 0 amide bonds. The van der Waals surface area contributed by atoms with E-state index in [1.165, 1.54) is 0 Å². The van der Waals surface area contributed by atoms with Gasteiger partial charge in [0.25, 0.3) is 0 Å². The van der Waals surface area contributed by atoms with Crippen molar-refractivity contribution in [3.05, 3.63) is 0 Å². The van der Waals surface area contributed by atoms with Crippen molar-refractivity contribution in [1.29, 1.82) is 0 Å². The van der Waals surface area contributed by atoms with Gasteiger partial charge in [-0.15, -0.1) is 0 Å². The second-order valence-electron chi connectivity index (χ2n) is 2.72. The second-order valence-corrected chi connectivity index (χ2v) is 2.72. The number of aliphatic hydroxyl groups is 5. The van der Waals surface area contributed by atoms with Gasteiger partial charge >= 0.3 is 29.6 Å². The van der Waals surface area contributed by atoms with Crippen molar-refractivity contribution in [2.75, 3.05) is 6.61 Å². The maximum Gasteiger partial charge on any atom is 1.00 e. The van der Waals surface area contributed by atoms with Crippen molar-refractivity contribution in [2.24, 2.45) is 0 Å². The van der Waals surface area contributed by atoms with Gasteiger partial charge in [0.15, 0.2) is 6.29 Å². The van der Waals surface area contributed by atoms with Crippen LogP contribution >= 0.6 is 0 Å². The molecule has 0 spiro atoms. The Bertz CT molecular complexity index is 157. The Kier molecular flexibility index (Phi) is 5.92. The largest absolute Gasteiger partial charge is 1.00 e. The molecule has 1 unspecified atom stereocenters. The van der Waals surface area contributed by atoms with E-state index in [1.807, 2.05) is 0 Å². The second kappa shape index (κ2) is 5.59. The maximum atomic E-state index is 9.12. The fraction of sp³-hybridized carbons (Fsp3) is 1.00. The van der Waals surface area contributed by atoms with Crippen molar-refractivity contribution < 1.29 is 61.3 Å². The maximum absolute atomic E-state index is 9.12. The minimum absolute atomic E-state index is 0. The summed E-state index contributed by atoms with van der Waals surface area (Å²) < 4.78 is 4.58. The fourth-order valence-electron chi connectivity index (χ4n) is 1.08. The number of rotatable bonds is 1. The predicted molar refractivity (Wildman–Crippen MR) is 37.1 cm³/mol. The monoisotopic (exact) mass is 204 g/mol. The van der Waals surface area contributed by atoms with Crippen LogP contribution in [0.1, 0.15) is 1.43 Å². The van der Waals surface area contributed by atoms with Gasteiger partial charge in [-0.2, -0.15) is 0 Å². The van der Waals surface area contributed by atoms with E-state index in [-0.39, 0.29) is 31.0 Å². The summed E-state index contributed by atoms with van der Waals surface area (Å²) in [7, 11) is 0. The predicted octanol–water partition coefficient (Wildman–Crippen LogP) is -6.10. The van der Waals surface area contributed by atoms with E-state index in [0.29, 0.717) is 0 Å². The fourth-order valence-corrected chi connectivity index (χ4v) is 1.08. The summed E-state index contributed by atoms with van der Waals surface area (Å²) in [4.78, 5) is 0. The molecule has 6 nitrogen and oxygen atoms in total. The van der Waals surface area contributed by atoms with Crippen LogP contribution in [0.15, 0.2) is 0 Å². The molecule has 0 aromatic heterocycles. The molecule has 0 aromatic rings. The Balaban J connectivity index is 0. The average Bonchev–Trinajstić information content (AvgIpc) is 2.08. The van der Waals surface area contributed by atoms with E-state index < -0.39 is 37.3 Å². The van der Waals surface area contributed by atoms with E-state index in [4.69, 9.17) is 25.5 Å². The van der Waals surface area contributed by atoms with Gasteiger partial charge in [-0.1, -0.05) is 0 Å². The molecule has 13 heavy (non-hydrogen) atoms. The molecule has 1 saturated heterocycles. The Morgan fingerprint density at radius 2 is 1.54 bits per heavy atom. The zero-order chi connectivity index (χ0) is 9.30. The van der Waals surface area contributed by atoms with Crippen LogP contribution in [0, 0.1) is 0 Å². The Morgan fingerprint density at radius 3 is 2.00 bits per heavy atom. The van der Waals surface area contributed by atoms with Crippen LogP contribution in [-0.4, -0.2) is 62.8 Å². The Labute approximate surface area is 98.5 Å². The summed E-state index contributed by atoms with van der Waals surface area (Å²) in [5, 5.41) is 44.7. The SMILES string of the molecule is OC[C@H]1OC(O)[C@H](O)[C@@H](O)[C@H]1O.[H-].[Na+]. The van der Waals surface area contributed by atoms with Crippen LogP contribution in [0.25, 0.3) is 0 Å². The van der Waals surface area contributed by atoms with Gasteiger partial charge in [0.2, 0.25) is 0 Å². The van der Waals surface area contributed by atoms with Crippen molar-refractivity contribution >= 4 is 0 Å². The number of ether oxygens (including phenoxy) is 1. The minimum atomic E-state index is -1.57. The first-order valence-electron chi connectivity index (χ1n) is 3.56. The summed E-state index contributed by atoms with van der Waals surface area (Å²) in [5.41, 5.74) is 0. The zero-order valence-electron chi connectivity index (χ0n) is 8.24. The van der Waals surface area contributed by atoms with Gasteiger partial charge < -0.3 is 31.7 Å². The molecule has 1 aliphatic heterocycles. The van der Waals surface area contributed by atoms with Crippen LogP contribution in [0.3, 0.4) is 0 Å². The molecule has 1 aliphatic rings. The summed E-state index contributed by atoms with van der Waals surface area (Å²) in [6, 6.07) is 0. The average molecular weight is 204 g/mol. The van der Waals surface area contributed by atoms with Crippen LogP contribution < -0.4 is 29.6 Å². The third kappa shape index (κ3) is 2.85. The molecule has 74 valence electrons. The normalized spacial score (nSPS) is 45.5. The quantitative estimate of drug-likeness (QED) is 0.272. The van der Waals surface area contributed by atoms with Crippen LogP contribution in [-0.2, 0) is 4.74 Å². The molecule has 0 radical (unpaired) electrons. The molecule has 0 saturated carbocycles. The molecular weight excluding hydrogens is 191 g/mol. The standard InChI is InChI=1S/C6H12O6.Na.H/c7-1-2-3(8)4(9)5(10)6(11)12-2;;/h2-11H,1H2;;/q;+1;-1/t2-,3+,4+,5-,6?;;/m1../s1. The molecule has 1 heterocycles. The number of hydrogen-bond acceptors (Lipinski definition) is 6. The van der Waals surface area contributed by atoms with Crippen molar-refractivity contribution in [1.82, 2.24) is 0 Å². The third-order valence-corrected chi connectivity index (χ3v) is 1.87. The first-order chi connectivity index (χ1) is 5.57. The van der Waals surface area contributed by atoms with Crippen LogP contribution in [0.2, 0.25) is 0 Å². The number of hydrogen-bond donors (Lipinski definition) is 5. The van der Waals surface area contributed by atoms with Gasteiger partial charge in [0.1, 0.15) is 24.4 Å². The smallest absolute Gasteiger partial charge is 1.00 e. The zero-order valence-corrected chi connectivity index (χ0v) is 9.24. The molecule has 0 bridgehead atoms. The van der Waals surface area contributed by atoms with Gasteiger partial charge in [0.05, 0.1) is 6.61 Å². The summed E-state index contributed by atoms with van der Waals surface area (Å²) in [5.74, 6) is 0. The first-order valence-corrected chi connectivity index (χ1v) is 3.56. The van der Waals surface area contributed by atoms with E-state index in [0.717, 1.165) is 0 Å².